The number of ketones is 1. The number of anilines is 1. The summed E-state index contributed by atoms with van der Waals surface area (Å²) >= 11 is 5.89. The highest BCUT2D eigenvalue weighted by Gasteiger charge is 2.24. The number of carbonyl (C=O) groups is 1. The van der Waals surface area contributed by atoms with Crippen molar-refractivity contribution in [2.75, 3.05) is 5.73 Å². The lowest BCUT2D eigenvalue weighted by Gasteiger charge is -2.20. The molecule has 0 fully saturated rings. The van der Waals surface area contributed by atoms with E-state index in [4.69, 9.17) is 17.3 Å². The number of nitrogens with two attached hydrogens (primary N) is 1. The summed E-state index contributed by atoms with van der Waals surface area (Å²) in [5.41, 5.74) is 8.48. The predicted molar refractivity (Wildman–Crippen MR) is 89.8 cm³/mol. The molecule has 0 aliphatic heterocycles. The number of benzene rings is 2. The highest BCUT2D eigenvalue weighted by molar-refractivity contribution is 7.37. The maximum absolute atomic E-state index is 12.2. The number of hydrogen-bond acceptors (Lipinski definition) is 3. The molecule has 0 heterocycles. The van der Waals surface area contributed by atoms with Crippen LogP contribution in [0.2, 0.25) is 5.02 Å². The third-order valence-corrected chi connectivity index (χ3v) is 4.41. The number of halogens is 1. The van der Waals surface area contributed by atoms with Gasteiger partial charge in [0, 0.05) is 16.9 Å². The smallest absolute Gasteiger partial charge is 0.193 e. The maximum Gasteiger partial charge on any atom is 0.193 e. The summed E-state index contributed by atoms with van der Waals surface area (Å²) < 4.78 is 11.2. The van der Waals surface area contributed by atoms with Crippen LogP contribution in [-0.4, -0.2) is 10.7 Å². The van der Waals surface area contributed by atoms with Gasteiger partial charge in [0.15, 0.2) is 8.03 Å². The van der Waals surface area contributed by atoms with E-state index in [1.807, 2.05) is 0 Å². The van der Waals surface area contributed by atoms with Crippen LogP contribution < -0.4 is 5.73 Å². The van der Waals surface area contributed by atoms with Gasteiger partial charge in [-0.3, -0.25) is 9.36 Å². The lowest BCUT2D eigenvalue weighted by Crippen LogP contribution is -2.15. The normalized spacial score (nSPS) is 13.6. The van der Waals surface area contributed by atoms with Gasteiger partial charge in [-0.25, -0.2) is 0 Å². The SMILES string of the molecule is CC(=O)C(c1ccc(Cl)cc1)c1c(N)cccc1C[PH](=O)O. The van der Waals surface area contributed by atoms with Crippen molar-refractivity contribution in [3.8, 4) is 0 Å². The standard InChI is InChI=1S/C16H17ClNO3P/c1-10(19)15(11-5-7-13(17)8-6-11)16-12(9-22(20)21)3-2-4-14(16)18/h2-8,15,22H,9,18H2,1H3,(H,20,21). The zero-order valence-corrected chi connectivity index (χ0v) is 13.8. The van der Waals surface area contributed by atoms with E-state index in [2.05, 4.69) is 0 Å². The molecular formula is C16H17ClNO3P. The topological polar surface area (TPSA) is 80.4 Å². The number of hydrogen-bond donors (Lipinski definition) is 2. The van der Waals surface area contributed by atoms with E-state index in [1.165, 1.54) is 6.92 Å². The number of Topliss-reactive ketones (excluding diaryl/α,β-unsaturated/α-hetero) is 1. The first-order valence-electron chi connectivity index (χ1n) is 6.75. The van der Waals surface area contributed by atoms with Gasteiger partial charge in [0.05, 0.1) is 5.92 Å². The summed E-state index contributed by atoms with van der Waals surface area (Å²) in [6.07, 6.45) is 0.00239. The third-order valence-electron chi connectivity index (χ3n) is 3.47. The molecule has 6 heteroatoms. The zero-order chi connectivity index (χ0) is 16.3. The summed E-state index contributed by atoms with van der Waals surface area (Å²) in [5.74, 6) is -0.658. The lowest BCUT2D eigenvalue weighted by atomic mass is 9.85. The molecule has 0 aliphatic rings. The quantitative estimate of drug-likeness (QED) is 0.645. The Bertz CT molecular complexity index is 716. The first kappa shape index (κ1) is 16.8. The Kier molecular flexibility index (Phi) is 5.41. The first-order chi connectivity index (χ1) is 10.4. The van der Waals surface area contributed by atoms with Crippen LogP contribution in [0, 0.1) is 0 Å². The fourth-order valence-electron chi connectivity index (χ4n) is 2.56. The van der Waals surface area contributed by atoms with Crippen molar-refractivity contribution >= 4 is 31.1 Å². The third kappa shape index (κ3) is 3.77. The van der Waals surface area contributed by atoms with E-state index in [0.29, 0.717) is 21.8 Å². The van der Waals surface area contributed by atoms with E-state index < -0.39 is 13.9 Å². The van der Waals surface area contributed by atoms with Crippen LogP contribution in [0.5, 0.6) is 0 Å². The number of rotatable bonds is 5. The van der Waals surface area contributed by atoms with Gasteiger partial charge < -0.3 is 10.6 Å². The van der Waals surface area contributed by atoms with Crippen molar-refractivity contribution in [2.45, 2.75) is 19.0 Å². The Balaban J connectivity index is 2.60. The fourth-order valence-corrected chi connectivity index (χ4v) is 3.32. The minimum Gasteiger partial charge on any atom is -0.398 e. The molecular weight excluding hydrogens is 321 g/mol. The summed E-state index contributed by atoms with van der Waals surface area (Å²) in [6.45, 7) is 1.48. The molecule has 116 valence electrons. The van der Waals surface area contributed by atoms with E-state index >= 15 is 0 Å². The number of nitrogen functional groups attached to an aromatic ring is 1. The zero-order valence-electron chi connectivity index (χ0n) is 12.0. The minimum atomic E-state index is -2.71. The molecule has 22 heavy (non-hydrogen) atoms. The van der Waals surface area contributed by atoms with Gasteiger partial charge >= 0.3 is 0 Å². The molecule has 0 saturated heterocycles. The summed E-state index contributed by atoms with van der Waals surface area (Å²) in [4.78, 5) is 21.5. The van der Waals surface area contributed by atoms with E-state index in [9.17, 15) is 14.3 Å². The minimum absolute atomic E-state index is 0.00239. The van der Waals surface area contributed by atoms with Crippen molar-refractivity contribution < 1.29 is 14.3 Å². The Morgan fingerprint density at radius 1 is 1.27 bits per heavy atom. The van der Waals surface area contributed by atoms with Gasteiger partial charge in [-0.15, -0.1) is 0 Å². The van der Waals surface area contributed by atoms with Crippen LogP contribution in [0.1, 0.15) is 29.5 Å². The van der Waals surface area contributed by atoms with Crippen molar-refractivity contribution in [1.29, 1.82) is 0 Å². The molecule has 0 bridgehead atoms. The Labute approximate surface area is 134 Å². The van der Waals surface area contributed by atoms with Gasteiger partial charge in [-0.2, -0.15) is 0 Å². The number of carbonyl (C=O) groups excluding carboxylic acids is 1. The van der Waals surface area contributed by atoms with Crippen LogP contribution >= 0.6 is 19.6 Å². The van der Waals surface area contributed by atoms with Crippen LogP contribution in [0.4, 0.5) is 5.69 Å². The first-order valence-corrected chi connectivity index (χ1v) is 8.69. The molecule has 0 aromatic heterocycles. The molecule has 0 saturated carbocycles. The Morgan fingerprint density at radius 3 is 2.45 bits per heavy atom. The van der Waals surface area contributed by atoms with Gasteiger partial charge in [0.2, 0.25) is 0 Å². The summed E-state index contributed by atoms with van der Waals surface area (Å²) in [5, 5.41) is 0.577. The summed E-state index contributed by atoms with van der Waals surface area (Å²) in [7, 11) is -2.71. The second-order valence-corrected chi connectivity index (χ2v) is 6.66. The van der Waals surface area contributed by atoms with Crippen LogP contribution in [0.15, 0.2) is 42.5 Å². The molecule has 0 spiro atoms. The van der Waals surface area contributed by atoms with Crippen molar-refractivity contribution in [1.82, 2.24) is 0 Å². The van der Waals surface area contributed by atoms with Crippen LogP contribution in [-0.2, 0) is 15.5 Å². The highest BCUT2D eigenvalue weighted by Crippen LogP contribution is 2.36. The molecule has 4 nitrogen and oxygen atoms in total. The molecule has 3 N–H and O–H groups in total. The predicted octanol–water partition coefficient (Wildman–Crippen LogP) is 3.61. The highest BCUT2D eigenvalue weighted by atomic mass is 35.5. The average Bonchev–Trinajstić information content (AvgIpc) is 2.43. The van der Waals surface area contributed by atoms with Crippen molar-refractivity contribution in [2.24, 2.45) is 0 Å². The average molecular weight is 338 g/mol. The van der Waals surface area contributed by atoms with E-state index in [0.717, 1.165) is 5.56 Å². The monoisotopic (exact) mass is 337 g/mol. The largest absolute Gasteiger partial charge is 0.398 e. The van der Waals surface area contributed by atoms with Gasteiger partial charge in [0.25, 0.3) is 0 Å². The van der Waals surface area contributed by atoms with Gasteiger partial charge in [-0.05, 0) is 41.8 Å². The fraction of sp³-hybridized carbons (Fsp3) is 0.188. The van der Waals surface area contributed by atoms with Gasteiger partial charge in [-0.1, -0.05) is 35.9 Å². The van der Waals surface area contributed by atoms with Crippen LogP contribution in [0.25, 0.3) is 0 Å². The molecule has 0 amide bonds. The maximum atomic E-state index is 12.2. The molecule has 0 radical (unpaired) electrons. The van der Waals surface area contributed by atoms with E-state index in [1.54, 1.807) is 42.5 Å². The molecule has 2 atom stereocenters. The van der Waals surface area contributed by atoms with Crippen molar-refractivity contribution in [3.05, 3.63) is 64.2 Å². The molecule has 2 rings (SSSR count). The molecule has 2 aromatic rings. The summed E-state index contributed by atoms with van der Waals surface area (Å²) in [6, 6.07) is 12.1. The molecule has 2 unspecified atom stereocenters. The van der Waals surface area contributed by atoms with Gasteiger partial charge in [0.1, 0.15) is 5.78 Å². The molecule has 0 aliphatic carbocycles. The second kappa shape index (κ2) is 7.10. The lowest BCUT2D eigenvalue weighted by molar-refractivity contribution is -0.117. The Hall–Kier alpha value is -1.61. The van der Waals surface area contributed by atoms with Crippen LogP contribution in [0.3, 0.4) is 0 Å². The van der Waals surface area contributed by atoms with Crippen molar-refractivity contribution in [3.63, 3.8) is 0 Å². The van der Waals surface area contributed by atoms with E-state index in [-0.39, 0.29) is 11.9 Å². The Morgan fingerprint density at radius 2 is 1.91 bits per heavy atom. The molecule has 2 aromatic carbocycles. The second-order valence-electron chi connectivity index (χ2n) is 5.09.